The Morgan fingerprint density at radius 3 is 2.80 bits per heavy atom. The predicted molar refractivity (Wildman–Crippen MR) is 82.6 cm³/mol. The van der Waals surface area contributed by atoms with Crippen molar-refractivity contribution in [2.45, 2.75) is 19.1 Å². The van der Waals surface area contributed by atoms with Crippen LogP contribution in [0.15, 0.2) is 36.7 Å². The minimum Gasteiger partial charge on any atom is -0.388 e. The summed E-state index contributed by atoms with van der Waals surface area (Å²) in [5.41, 5.74) is 0.494. The fourth-order valence-electron chi connectivity index (χ4n) is 2.46. The van der Waals surface area contributed by atoms with E-state index in [0.717, 1.165) is 11.9 Å². The smallest absolute Gasteiger partial charge is 0.0869 e. The Balaban J connectivity index is 1.92. The van der Waals surface area contributed by atoms with Crippen LogP contribution >= 0.6 is 0 Å². The molecule has 4 heteroatoms. The molecule has 1 aromatic carbocycles. The van der Waals surface area contributed by atoms with Crippen LogP contribution in [-0.4, -0.2) is 47.8 Å². The molecule has 2 rings (SSSR count). The first-order chi connectivity index (χ1) is 9.46. The number of pyridine rings is 1. The van der Waals surface area contributed by atoms with E-state index in [4.69, 9.17) is 0 Å². The van der Waals surface area contributed by atoms with Crippen LogP contribution in [0.5, 0.6) is 0 Å². The third kappa shape index (κ3) is 4.27. The van der Waals surface area contributed by atoms with Crippen LogP contribution in [0.3, 0.4) is 0 Å². The number of likely N-dealkylation sites (N-methyl/N-ethyl adjacent to an activating group) is 1. The zero-order valence-electron chi connectivity index (χ0n) is 12.4. The van der Waals surface area contributed by atoms with Gasteiger partial charge in [-0.15, -0.1) is 0 Å². The number of aromatic nitrogens is 1. The topological polar surface area (TPSA) is 48.4 Å². The lowest BCUT2D eigenvalue weighted by Gasteiger charge is -2.27. The Kier molecular flexibility index (Phi) is 4.70. The van der Waals surface area contributed by atoms with Gasteiger partial charge in [-0.25, -0.2) is 0 Å². The molecular weight excluding hydrogens is 250 g/mol. The van der Waals surface area contributed by atoms with Crippen molar-refractivity contribution in [3.05, 3.63) is 42.2 Å². The molecule has 0 amide bonds. The molecule has 2 aromatic rings. The van der Waals surface area contributed by atoms with Gasteiger partial charge >= 0.3 is 0 Å². The molecule has 1 heterocycles. The summed E-state index contributed by atoms with van der Waals surface area (Å²) in [6.07, 6.45) is 3.68. The van der Waals surface area contributed by atoms with Crippen LogP contribution in [0.25, 0.3) is 10.8 Å². The Labute approximate surface area is 120 Å². The summed E-state index contributed by atoms with van der Waals surface area (Å²) in [5.74, 6) is 0. The van der Waals surface area contributed by atoms with E-state index in [-0.39, 0.29) is 0 Å². The summed E-state index contributed by atoms with van der Waals surface area (Å²) in [6, 6.07) is 8.35. The average Bonchev–Trinajstić information content (AvgIpc) is 2.37. The number of nitrogens with zero attached hydrogens (tertiary/aromatic N) is 2. The third-order valence-electron chi connectivity index (χ3n) is 3.20. The number of aliphatic hydroxyl groups is 1. The van der Waals surface area contributed by atoms with Crippen molar-refractivity contribution in [1.29, 1.82) is 0 Å². The highest BCUT2D eigenvalue weighted by Gasteiger charge is 2.20. The average molecular weight is 273 g/mol. The fraction of sp³-hybridized carbons (Fsp3) is 0.438. The van der Waals surface area contributed by atoms with Crippen molar-refractivity contribution in [3.63, 3.8) is 0 Å². The zero-order valence-corrected chi connectivity index (χ0v) is 12.4. The first-order valence-corrected chi connectivity index (χ1v) is 6.87. The van der Waals surface area contributed by atoms with Crippen molar-refractivity contribution in [1.82, 2.24) is 15.2 Å². The number of nitrogens with one attached hydrogen (secondary N) is 1. The number of rotatable bonds is 6. The SMILES string of the molecule is CN(C)CC(C)(O)CNCc1ccc2cnccc2c1. The predicted octanol–water partition coefficient (Wildman–Crippen LogP) is 1.64. The molecule has 0 fully saturated rings. The minimum atomic E-state index is -0.718. The van der Waals surface area contributed by atoms with Gasteiger partial charge in [-0.2, -0.15) is 0 Å². The molecule has 108 valence electrons. The Morgan fingerprint density at radius 2 is 2.05 bits per heavy atom. The van der Waals surface area contributed by atoms with Gasteiger partial charge in [0, 0.05) is 37.4 Å². The number of benzene rings is 1. The second-order valence-electron chi connectivity index (χ2n) is 5.90. The molecule has 0 saturated carbocycles. The van der Waals surface area contributed by atoms with Gasteiger partial charge in [0.1, 0.15) is 0 Å². The van der Waals surface area contributed by atoms with Crippen LogP contribution in [-0.2, 0) is 6.54 Å². The summed E-state index contributed by atoms with van der Waals surface area (Å²) in [6.45, 7) is 3.82. The van der Waals surface area contributed by atoms with Crippen LogP contribution in [0.4, 0.5) is 0 Å². The molecular formula is C16H23N3O. The van der Waals surface area contributed by atoms with Crippen molar-refractivity contribution >= 4 is 10.8 Å². The minimum absolute atomic E-state index is 0.569. The van der Waals surface area contributed by atoms with Crippen LogP contribution < -0.4 is 5.32 Å². The van der Waals surface area contributed by atoms with Crippen molar-refractivity contribution in [2.24, 2.45) is 0 Å². The summed E-state index contributed by atoms with van der Waals surface area (Å²) < 4.78 is 0. The Morgan fingerprint density at radius 1 is 1.25 bits per heavy atom. The van der Waals surface area contributed by atoms with Crippen LogP contribution in [0.2, 0.25) is 0 Å². The molecule has 0 bridgehead atoms. The molecule has 0 aliphatic heterocycles. The van der Waals surface area contributed by atoms with E-state index >= 15 is 0 Å². The van der Waals surface area contributed by atoms with Gasteiger partial charge in [0.15, 0.2) is 0 Å². The highest BCUT2D eigenvalue weighted by molar-refractivity contribution is 5.81. The second kappa shape index (κ2) is 6.31. The molecule has 1 aromatic heterocycles. The summed E-state index contributed by atoms with van der Waals surface area (Å²) in [7, 11) is 3.93. The first-order valence-electron chi connectivity index (χ1n) is 6.87. The zero-order chi connectivity index (χ0) is 14.6. The first kappa shape index (κ1) is 14.9. The largest absolute Gasteiger partial charge is 0.388 e. The third-order valence-corrected chi connectivity index (χ3v) is 3.20. The highest BCUT2D eigenvalue weighted by Crippen LogP contribution is 2.14. The Bertz CT molecular complexity index is 566. The maximum atomic E-state index is 10.2. The molecule has 0 spiro atoms. The fourth-order valence-corrected chi connectivity index (χ4v) is 2.46. The lowest BCUT2D eigenvalue weighted by Crippen LogP contribution is -2.45. The van der Waals surface area contributed by atoms with E-state index in [1.165, 1.54) is 10.9 Å². The van der Waals surface area contributed by atoms with E-state index in [1.54, 1.807) is 6.20 Å². The molecule has 4 nitrogen and oxygen atoms in total. The van der Waals surface area contributed by atoms with Gasteiger partial charge in [-0.05, 0) is 44.1 Å². The van der Waals surface area contributed by atoms with Gasteiger partial charge in [0.2, 0.25) is 0 Å². The van der Waals surface area contributed by atoms with Gasteiger partial charge in [-0.1, -0.05) is 12.1 Å². The molecule has 0 aliphatic carbocycles. The standard InChI is InChI=1S/C16H23N3O/c1-16(20,12-19(2)3)11-18-9-13-4-5-15-10-17-7-6-14(15)8-13/h4-8,10,18,20H,9,11-12H2,1-3H3. The van der Waals surface area contributed by atoms with Crippen molar-refractivity contribution in [3.8, 4) is 0 Å². The van der Waals surface area contributed by atoms with E-state index < -0.39 is 5.60 Å². The van der Waals surface area contributed by atoms with Gasteiger partial charge in [0.05, 0.1) is 5.60 Å². The van der Waals surface area contributed by atoms with Crippen molar-refractivity contribution in [2.75, 3.05) is 27.2 Å². The second-order valence-corrected chi connectivity index (χ2v) is 5.90. The number of hydrogen-bond acceptors (Lipinski definition) is 4. The van der Waals surface area contributed by atoms with Crippen LogP contribution in [0.1, 0.15) is 12.5 Å². The number of fused-ring (bicyclic) bond motifs is 1. The normalized spacial score (nSPS) is 14.7. The van der Waals surface area contributed by atoms with Crippen LogP contribution in [0, 0.1) is 0 Å². The van der Waals surface area contributed by atoms with E-state index in [0.29, 0.717) is 13.1 Å². The van der Waals surface area contributed by atoms with Gasteiger partial charge < -0.3 is 15.3 Å². The molecule has 1 unspecified atom stereocenters. The highest BCUT2D eigenvalue weighted by atomic mass is 16.3. The van der Waals surface area contributed by atoms with E-state index in [1.807, 2.05) is 38.2 Å². The molecule has 1 atom stereocenters. The molecule has 0 aliphatic rings. The van der Waals surface area contributed by atoms with E-state index in [2.05, 4.69) is 28.5 Å². The lowest BCUT2D eigenvalue weighted by molar-refractivity contribution is 0.0336. The summed E-state index contributed by atoms with van der Waals surface area (Å²) in [5, 5.41) is 15.9. The maximum Gasteiger partial charge on any atom is 0.0869 e. The lowest BCUT2D eigenvalue weighted by atomic mass is 10.1. The molecule has 20 heavy (non-hydrogen) atoms. The molecule has 0 radical (unpaired) electrons. The molecule has 2 N–H and O–H groups in total. The number of hydrogen-bond donors (Lipinski definition) is 2. The van der Waals surface area contributed by atoms with Gasteiger partial charge in [-0.3, -0.25) is 4.98 Å². The summed E-state index contributed by atoms with van der Waals surface area (Å²) >= 11 is 0. The summed E-state index contributed by atoms with van der Waals surface area (Å²) in [4.78, 5) is 6.10. The van der Waals surface area contributed by atoms with E-state index in [9.17, 15) is 5.11 Å². The van der Waals surface area contributed by atoms with Crippen molar-refractivity contribution < 1.29 is 5.11 Å². The quantitative estimate of drug-likeness (QED) is 0.840. The Hall–Kier alpha value is -1.49. The van der Waals surface area contributed by atoms with Gasteiger partial charge in [0.25, 0.3) is 0 Å². The monoisotopic (exact) mass is 273 g/mol. The maximum absolute atomic E-state index is 10.2. The molecule has 0 saturated heterocycles.